The van der Waals surface area contributed by atoms with E-state index in [1.807, 2.05) is 0 Å². The summed E-state index contributed by atoms with van der Waals surface area (Å²) in [6.07, 6.45) is 0.938. The maximum Gasteiger partial charge on any atom is 0.339 e. The van der Waals surface area contributed by atoms with Crippen LogP contribution < -0.4 is 4.74 Å². The molecule has 0 spiro atoms. The first kappa shape index (κ1) is 12.7. The third-order valence-electron chi connectivity index (χ3n) is 1.72. The van der Waals surface area contributed by atoms with Gasteiger partial charge in [0.25, 0.3) is 9.05 Å². The van der Waals surface area contributed by atoms with Crippen LogP contribution in [0.3, 0.4) is 0 Å². The van der Waals surface area contributed by atoms with E-state index in [0.29, 0.717) is 0 Å². The first-order valence-electron chi connectivity index (χ1n) is 3.97. The van der Waals surface area contributed by atoms with E-state index in [0.717, 1.165) is 19.4 Å². The van der Waals surface area contributed by atoms with Gasteiger partial charge < -0.3 is 9.47 Å². The summed E-state index contributed by atoms with van der Waals surface area (Å²) in [6, 6.07) is 1.14. The highest BCUT2D eigenvalue weighted by atomic mass is 35.7. The number of halogens is 1. The van der Waals surface area contributed by atoms with E-state index in [9.17, 15) is 13.2 Å². The van der Waals surface area contributed by atoms with Crippen LogP contribution in [0.25, 0.3) is 0 Å². The number of ether oxygens (including phenoxy) is 2. The number of hydrogen-bond acceptors (Lipinski definition) is 6. The summed E-state index contributed by atoms with van der Waals surface area (Å²) in [5.41, 5.74) is -0.218. The van der Waals surface area contributed by atoms with Crippen molar-refractivity contribution in [2.24, 2.45) is 0 Å². The molecule has 8 heteroatoms. The molecule has 0 aromatic carbocycles. The number of nitrogens with zero attached hydrogens (tertiary/aromatic N) is 1. The van der Waals surface area contributed by atoms with Crippen molar-refractivity contribution in [3.05, 3.63) is 17.8 Å². The van der Waals surface area contributed by atoms with Gasteiger partial charge in [-0.15, -0.1) is 0 Å². The van der Waals surface area contributed by atoms with Gasteiger partial charge in [-0.3, -0.25) is 0 Å². The molecular formula is C8H8ClNO5S. The maximum atomic E-state index is 11.3. The van der Waals surface area contributed by atoms with E-state index in [1.165, 1.54) is 7.11 Å². The van der Waals surface area contributed by atoms with Gasteiger partial charge in [0.05, 0.1) is 26.0 Å². The lowest BCUT2D eigenvalue weighted by Gasteiger charge is -2.06. The second-order valence-corrected chi connectivity index (χ2v) is 5.19. The van der Waals surface area contributed by atoms with E-state index in [-0.39, 0.29) is 11.4 Å². The van der Waals surface area contributed by atoms with Crippen molar-refractivity contribution < 1.29 is 22.7 Å². The lowest BCUT2D eigenvalue weighted by Crippen LogP contribution is -2.08. The van der Waals surface area contributed by atoms with E-state index >= 15 is 0 Å². The molecule has 0 aliphatic rings. The standard InChI is InChI=1S/C8H8ClNO5S/c1-14-7-3-5(8(11)15-2)6(4-10-7)16(9,12)13/h3-4H,1-2H3. The van der Waals surface area contributed by atoms with Crippen LogP contribution in [0.4, 0.5) is 0 Å². The zero-order valence-corrected chi connectivity index (χ0v) is 10.0. The van der Waals surface area contributed by atoms with Gasteiger partial charge in [-0.1, -0.05) is 0 Å². The molecule has 88 valence electrons. The van der Waals surface area contributed by atoms with Crippen LogP contribution in [0.2, 0.25) is 0 Å². The predicted octanol–water partition coefficient (Wildman–Crippen LogP) is 0.804. The zero-order valence-electron chi connectivity index (χ0n) is 8.43. The smallest absolute Gasteiger partial charge is 0.339 e. The summed E-state index contributed by atoms with van der Waals surface area (Å²) in [6.45, 7) is 0. The minimum absolute atomic E-state index is 0.0875. The van der Waals surface area contributed by atoms with Crippen LogP contribution in [-0.2, 0) is 13.8 Å². The summed E-state index contributed by atoms with van der Waals surface area (Å²) in [5, 5.41) is 0. The Morgan fingerprint density at radius 3 is 2.50 bits per heavy atom. The molecular weight excluding hydrogens is 258 g/mol. The fourth-order valence-electron chi connectivity index (χ4n) is 0.999. The van der Waals surface area contributed by atoms with Crippen molar-refractivity contribution in [3.63, 3.8) is 0 Å². The average molecular weight is 266 g/mol. The molecule has 0 unspecified atom stereocenters. The number of carbonyl (C=O) groups excluding carboxylic acids is 1. The topological polar surface area (TPSA) is 82.6 Å². The second kappa shape index (κ2) is 4.67. The van der Waals surface area contributed by atoms with Crippen molar-refractivity contribution in [1.29, 1.82) is 0 Å². The Bertz CT molecular complexity index is 513. The molecule has 1 heterocycles. The normalized spacial score (nSPS) is 10.9. The number of hydrogen-bond donors (Lipinski definition) is 0. The third-order valence-corrected chi connectivity index (χ3v) is 3.07. The molecule has 0 aliphatic carbocycles. The molecule has 0 radical (unpaired) electrons. The van der Waals surface area contributed by atoms with Gasteiger partial charge in [0, 0.05) is 16.7 Å². The summed E-state index contributed by atoms with van der Waals surface area (Å²) < 4.78 is 31.5. The summed E-state index contributed by atoms with van der Waals surface area (Å²) in [4.78, 5) is 14.6. The highest BCUT2D eigenvalue weighted by Crippen LogP contribution is 2.22. The van der Waals surface area contributed by atoms with Crippen molar-refractivity contribution in [2.75, 3.05) is 14.2 Å². The van der Waals surface area contributed by atoms with Gasteiger partial charge in [0.1, 0.15) is 4.90 Å². The number of methoxy groups -OCH3 is 2. The van der Waals surface area contributed by atoms with Crippen molar-refractivity contribution in [3.8, 4) is 5.88 Å². The summed E-state index contributed by atoms with van der Waals surface area (Å²) in [5.74, 6) is -0.746. The quantitative estimate of drug-likeness (QED) is 0.594. The van der Waals surface area contributed by atoms with Crippen LogP contribution in [0.1, 0.15) is 10.4 Å². The molecule has 6 nitrogen and oxygen atoms in total. The lowest BCUT2D eigenvalue weighted by molar-refractivity contribution is 0.0595. The van der Waals surface area contributed by atoms with Gasteiger partial charge in [-0.2, -0.15) is 0 Å². The molecule has 1 rings (SSSR count). The second-order valence-electron chi connectivity index (χ2n) is 2.65. The van der Waals surface area contributed by atoms with Crippen LogP contribution >= 0.6 is 10.7 Å². The maximum absolute atomic E-state index is 11.3. The molecule has 0 aliphatic heterocycles. The summed E-state index contributed by atoms with van der Waals surface area (Å²) in [7, 11) is 3.54. The largest absolute Gasteiger partial charge is 0.481 e. The van der Waals surface area contributed by atoms with Crippen LogP contribution in [0.15, 0.2) is 17.2 Å². The van der Waals surface area contributed by atoms with Gasteiger partial charge >= 0.3 is 5.97 Å². The van der Waals surface area contributed by atoms with Crippen molar-refractivity contribution in [2.45, 2.75) is 4.90 Å². The minimum Gasteiger partial charge on any atom is -0.481 e. The SMILES string of the molecule is COC(=O)c1cc(OC)ncc1S(=O)(=O)Cl. The Morgan fingerprint density at radius 1 is 1.44 bits per heavy atom. The number of pyridine rings is 1. The van der Waals surface area contributed by atoms with Crippen molar-refractivity contribution >= 4 is 25.7 Å². The molecule has 1 aromatic heterocycles. The fraction of sp³-hybridized carbons (Fsp3) is 0.250. The molecule has 0 N–H and O–H groups in total. The molecule has 1 aromatic rings. The zero-order chi connectivity index (χ0) is 12.3. The molecule has 0 saturated heterocycles. The molecule has 0 fully saturated rings. The van der Waals surface area contributed by atoms with E-state index in [2.05, 4.69) is 9.72 Å². The Kier molecular flexibility index (Phi) is 3.71. The highest BCUT2D eigenvalue weighted by molar-refractivity contribution is 8.13. The summed E-state index contributed by atoms with van der Waals surface area (Å²) >= 11 is 0. The fourth-order valence-corrected chi connectivity index (χ4v) is 1.95. The Hall–Kier alpha value is -1.34. The lowest BCUT2D eigenvalue weighted by atomic mass is 10.3. The monoisotopic (exact) mass is 265 g/mol. The van der Waals surface area contributed by atoms with Gasteiger partial charge in [0.15, 0.2) is 0 Å². The Morgan fingerprint density at radius 2 is 2.06 bits per heavy atom. The van der Waals surface area contributed by atoms with E-state index in [1.54, 1.807) is 0 Å². The highest BCUT2D eigenvalue weighted by Gasteiger charge is 2.22. The molecule has 16 heavy (non-hydrogen) atoms. The number of aromatic nitrogens is 1. The Balaban J connectivity index is 3.45. The minimum atomic E-state index is -4.06. The average Bonchev–Trinajstić information content (AvgIpc) is 2.25. The number of esters is 1. The third kappa shape index (κ3) is 2.61. The van der Waals surface area contributed by atoms with Crippen molar-refractivity contribution in [1.82, 2.24) is 4.98 Å². The van der Waals surface area contributed by atoms with Gasteiger partial charge in [0.2, 0.25) is 5.88 Å². The number of carbonyl (C=O) groups is 1. The van der Waals surface area contributed by atoms with E-state index in [4.69, 9.17) is 15.4 Å². The molecule has 0 atom stereocenters. The van der Waals surface area contributed by atoms with Gasteiger partial charge in [-0.25, -0.2) is 18.2 Å². The van der Waals surface area contributed by atoms with Crippen LogP contribution in [0.5, 0.6) is 5.88 Å². The van der Waals surface area contributed by atoms with Crippen LogP contribution in [0, 0.1) is 0 Å². The van der Waals surface area contributed by atoms with Crippen LogP contribution in [-0.4, -0.2) is 33.6 Å². The molecule has 0 amide bonds. The van der Waals surface area contributed by atoms with E-state index < -0.39 is 19.9 Å². The molecule has 0 saturated carbocycles. The van der Waals surface area contributed by atoms with Gasteiger partial charge in [-0.05, 0) is 0 Å². The first-order chi connectivity index (χ1) is 7.40. The first-order valence-corrected chi connectivity index (χ1v) is 6.28. The molecule has 0 bridgehead atoms. The number of rotatable bonds is 3. The Labute approximate surface area is 96.6 Å². The predicted molar refractivity (Wildman–Crippen MR) is 55.2 cm³/mol.